The van der Waals surface area contributed by atoms with Crippen molar-refractivity contribution in [2.45, 2.75) is 76.5 Å². The van der Waals surface area contributed by atoms with Gasteiger partial charge in [0, 0.05) is 70.9 Å². The highest BCUT2D eigenvalue weighted by molar-refractivity contribution is 5.80. The largest absolute Gasteiger partial charge is 0.497 e. The molecule has 4 aliphatic heterocycles. The van der Waals surface area contributed by atoms with E-state index in [4.69, 9.17) is 28.4 Å². The molecule has 4 fully saturated rings. The molecular weight excluding hydrogens is 783 g/mol. The molecule has 0 aromatic heterocycles. The minimum atomic E-state index is -0.591. The minimum Gasteiger partial charge on any atom is -0.497 e. The maximum absolute atomic E-state index is 12.2. The van der Waals surface area contributed by atoms with E-state index in [0.717, 1.165) is 47.1 Å². The average molecular weight is 848 g/mol. The number of methoxy groups -OCH3 is 5. The van der Waals surface area contributed by atoms with Gasteiger partial charge in [-0.15, -0.1) is 0 Å². The van der Waals surface area contributed by atoms with Gasteiger partial charge in [0.15, 0.2) is 0 Å². The van der Waals surface area contributed by atoms with Gasteiger partial charge < -0.3 is 53.3 Å². The lowest BCUT2D eigenvalue weighted by Crippen LogP contribution is -2.31. The monoisotopic (exact) mass is 847 g/mol. The molecule has 14 nitrogen and oxygen atoms in total. The number of hydrogen-bond donors (Lipinski definition) is 2. The van der Waals surface area contributed by atoms with Crippen LogP contribution in [0, 0.1) is 17.8 Å². The van der Waals surface area contributed by atoms with E-state index in [0.29, 0.717) is 44.4 Å². The Labute approximate surface area is 360 Å². The first-order valence-corrected chi connectivity index (χ1v) is 21.1. The van der Waals surface area contributed by atoms with E-state index in [1.54, 1.807) is 35.5 Å². The number of benzene rings is 3. The van der Waals surface area contributed by atoms with Crippen molar-refractivity contribution < 1.29 is 53.0 Å². The lowest BCUT2D eigenvalue weighted by Gasteiger charge is -2.26. The molecular formula is C47H65N3O11. The standard InChI is InChI=1S/2C16H23NO4.C15H19NO3/c2*1-11(12-4-6-14(21-3)7-5-12)17-9-13(8-16(17)19)15(18)10-20-2;1-10(11-3-5-13(18-2)6-4-11)16-8-12(7-15(16)17)14-9-19-14/h2*4-7,11,13,15,18H,8-10H2,1-3H3;3-6,10,12,14H,7-9H2,1-2H3/t11-,13-,15+;11-,13-,15-;10-,12-,14?/m111/s1. The topological polar surface area (TPSA) is 160 Å². The minimum absolute atomic E-state index is 0.0110. The second-order valence-electron chi connectivity index (χ2n) is 16.3. The van der Waals surface area contributed by atoms with Crippen molar-refractivity contribution in [2.75, 3.05) is 75.0 Å². The molecule has 9 atom stereocenters. The van der Waals surface area contributed by atoms with E-state index in [2.05, 4.69) is 6.92 Å². The summed E-state index contributed by atoms with van der Waals surface area (Å²) in [6.45, 7) is 9.39. The van der Waals surface area contributed by atoms with Crippen molar-refractivity contribution in [3.05, 3.63) is 89.5 Å². The van der Waals surface area contributed by atoms with Crippen molar-refractivity contribution in [3.8, 4) is 17.2 Å². The smallest absolute Gasteiger partial charge is 0.223 e. The van der Waals surface area contributed by atoms with Crippen molar-refractivity contribution in [2.24, 2.45) is 17.8 Å². The van der Waals surface area contributed by atoms with Gasteiger partial charge in [0.1, 0.15) is 17.2 Å². The fourth-order valence-corrected chi connectivity index (χ4v) is 8.30. The zero-order valence-corrected chi connectivity index (χ0v) is 36.9. The summed E-state index contributed by atoms with van der Waals surface area (Å²) in [5.74, 6) is 3.11. The van der Waals surface area contributed by atoms with Crippen molar-refractivity contribution in [1.82, 2.24) is 14.7 Å². The maximum Gasteiger partial charge on any atom is 0.223 e. The molecule has 4 heterocycles. The van der Waals surface area contributed by atoms with Crippen LogP contribution in [-0.4, -0.2) is 136 Å². The first-order chi connectivity index (χ1) is 29.3. The molecule has 0 bridgehead atoms. The van der Waals surface area contributed by atoms with E-state index in [9.17, 15) is 24.6 Å². The Balaban J connectivity index is 0.000000173. The molecule has 61 heavy (non-hydrogen) atoms. The summed E-state index contributed by atoms with van der Waals surface area (Å²) in [5, 5.41) is 20.0. The van der Waals surface area contributed by atoms with Crippen LogP contribution in [0.3, 0.4) is 0 Å². The Kier molecular flexibility index (Phi) is 17.4. The quantitative estimate of drug-likeness (QED) is 0.182. The molecule has 334 valence electrons. The number of carbonyl (C=O) groups is 3. The normalized spacial score (nSPS) is 23.3. The first-order valence-electron chi connectivity index (χ1n) is 21.1. The highest BCUT2D eigenvalue weighted by Gasteiger charge is 2.43. The van der Waals surface area contributed by atoms with Crippen LogP contribution < -0.4 is 14.2 Å². The zero-order valence-electron chi connectivity index (χ0n) is 36.9. The van der Waals surface area contributed by atoms with Crippen LogP contribution in [0.5, 0.6) is 17.2 Å². The number of hydrogen-bond acceptors (Lipinski definition) is 11. The molecule has 1 unspecified atom stereocenters. The van der Waals surface area contributed by atoms with E-state index < -0.39 is 12.2 Å². The number of aliphatic hydroxyl groups is 2. The van der Waals surface area contributed by atoms with Crippen molar-refractivity contribution in [3.63, 3.8) is 0 Å². The van der Waals surface area contributed by atoms with Gasteiger partial charge >= 0.3 is 0 Å². The van der Waals surface area contributed by atoms with Gasteiger partial charge in [0.25, 0.3) is 0 Å². The zero-order chi connectivity index (χ0) is 44.2. The highest BCUT2D eigenvalue weighted by atomic mass is 16.6. The molecule has 3 amide bonds. The average Bonchev–Trinajstić information content (AvgIpc) is 3.78. The molecule has 7 rings (SSSR count). The predicted molar refractivity (Wildman–Crippen MR) is 229 cm³/mol. The van der Waals surface area contributed by atoms with E-state index >= 15 is 0 Å². The lowest BCUT2D eigenvalue weighted by molar-refractivity contribution is -0.130. The number of likely N-dealkylation sites (tertiary alicyclic amines) is 3. The molecule has 4 saturated heterocycles. The van der Waals surface area contributed by atoms with Gasteiger partial charge in [0.05, 0.1) is 77.6 Å². The van der Waals surface area contributed by atoms with Gasteiger partial charge in [-0.3, -0.25) is 14.4 Å². The Morgan fingerprint density at radius 2 is 0.852 bits per heavy atom. The van der Waals surface area contributed by atoms with Crippen LogP contribution in [0.4, 0.5) is 0 Å². The first kappa shape index (κ1) is 47.3. The SMILES string of the molecule is COC[C@@H](O)[C@@H]1CC(=O)N([C@H](C)c2ccc(OC)cc2)C1.COC[C@H](O)[C@@H]1CC(=O)N([C@H](C)c2ccc(OC)cc2)C1.COc1ccc([C@@H](C)N2C[C@H](C3CO3)CC2=O)cc1. The molecule has 0 aliphatic carbocycles. The highest BCUT2D eigenvalue weighted by Crippen LogP contribution is 2.35. The van der Waals surface area contributed by atoms with Crippen molar-refractivity contribution in [1.29, 1.82) is 0 Å². The van der Waals surface area contributed by atoms with E-state index in [-0.39, 0.29) is 60.9 Å². The fourth-order valence-electron chi connectivity index (χ4n) is 8.30. The Hall–Kier alpha value is -4.73. The summed E-state index contributed by atoms with van der Waals surface area (Å²) >= 11 is 0. The van der Waals surface area contributed by atoms with Gasteiger partial charge in [0.2, 0.25) is 17.7 Å². The second kappa shape index (κ2) is 22.4. The Morgan fingerprint density at radius 3 is 1.15 bits per heavy atom. The van der Waals surface area contributed by atoms with Gasteiger partial charge in [-0.25, -0.2) is 0 Å². The number of rotatable bonds is 16. The molecule has 3 aromatic carbocycles. The van der Waals surface area contributed by atoms with Crippen LogP contribution in [0.2, 0.25) is 0 Å². The number of nitrogens with zero attached hydrogens (tertiary/aromatic N) is 3. The third-order valence-electron chi connectivity index (χ3n) is 12.4. The maximum atomic E-state index is 12.2. The second-order valence-corrected chi connectivity index (χ2v) is 16.3. The number of epoxide rings is 1. The van der Waals surface area contributed by atoms with Crippen LogP contribution in [0.15, 0.2) is 72.8 Å². The number of aliphatic hydroxyl groups excluding tert-OH is 2. The summed E-state index contributed by atoms with van der Waals surface area (Å²) in [5.41, 5.74) is 3.27. The number of amides is 3. The molecule has 0 saturated carbocycles. The third-order valence-corrected chi connectivity index (χ3v) is 12.4. The van der Waals surface area contributed by atoms with Crippen LogP contribution in [-0.2, 0) is 28.6 Å². The summed E-state index contributed by atoms with van der Waals surface area (Å²) in [6.07, 6.45) is 0.525. The predicted octanol–water partition coefficient (Wildman–Crippen LogP) is 5.23. The third kappa shape index (κ3) is 12.4. The molecule has 3 aromatic rings. The lowest BCUT2D eigenvalue weighted by atomic mass is 10.0. The Morgan fingerprint density at radius 1 is 0.541 bits per heavy atom. The summed E-state index contributed by atoms with van der Waals surface area (Å²) in [7, 11) is 8.02. The molecule has 4 aliphatic rings. The number of ether oxygens (including phenoxy) is 6. The van der Waals surface area contributed by atoms with Crippen LogP contribution in [0.1, 0.15) is 74.8 Å². The molecule has 0 radical (unpaired) electrons. The fraction of sp³-hybridized carbons (Fsp3) is 0.553. The van der Waals surface area contributed by atoms with Crippen molar-refractivity contribution >= 4 is 17.7 Å². The van der Waals surface area contributed by atoms with E-state index in [1.807, 2.05) is 101 Å². The Bertz CT molecular complexity index is 1750. The van der Waals surface area contributed by atoms with Gasteiger partial charge in [-0.1, -0.05) is 36.4 Å². The van der Waals surface area contributed by atoms with E-state index in [1.165, 1.54) is 0 Å². The van der Waals surface area contributed by atoms with Crippen LogP contribution >= 0.6 is 0 Å². The van der Waals surface area contributed by atoms with Crippen LogP contribution in [0.25, 0.3) is 0 Å². The number of carbonyl (C=O) groups excluding carboxylic acids is 3. The molecule has 2 N–H and O–H groups in total. The summed E-state index contributed by atoms with van der Waals surface area (Å²) < 4.78 is 30.7. The summed E-state index contributed by atoms with van der Waals surface area (Å²) in [6, 6.07) is 23.5. The molecule has 14 heteroatoms. The summed E-state index contributed by atoms with van der Waals surface area (Å²) in [4.78, 5) is 42.1. The van der Waals surface area contributed by atoms with Gasteiger partial charge in [-0.05, 0) is 73.9 Å². The molecule has 0 spiro atoms. The van der Waals surface area contributed by atoms with Gasteiger partial charge in [-0.2, -0.15) is 0 Å².